The number of rotatable bonds is 10. The van der Waals surface area contributed by atoms with Crippen molar-refractivity contribution in [3.8, 4) is 0 Å². The maximum absolute atomic E-state index is 12.8. The molecule has 0 atom stereocenters. The van der Waals surface area contributed by atoms with Crippen LogP contribution in [0.25, 0.3) is 0 Å². The Hall–Kier alpha value is -2.27. The predicted molar refractivity (Wildman–Crippen MR) is 119 cm³/mol. The van der Waals surface area contributed by atoms with Gasteiger partial charge in [-0.05, 0) is 35.2 Å². The van der Waals surface area contributed by atoms with Gasteiger partial charge in [0.25, 0.3) is 0 Å². The van der Waals surface area contributed by atoms with E-state index < -0.39 is 0 Å². The molecule has 3 rings (SSSR count). The Balaban J connectivity index is 1.82. The first-order valence-corrected chi connectivity index (χ1v) is 10.5. The highest BCUT2D eigenvalue weighted by molar-refractivity contribution is 9.10. The molecule has 0 spiro atoms. The van der Waals surface area contributed by atoms with Crippen LogP contribution >= 0.6 is 15.9 Å². The standard InChI is InChI=1S/C25H25BrO3/c1-2-28-18-23-22(17-29-16-19-9-5-3-6-10-19)21(13-14-24(23)26)15-25(27)20-11-7-4-8-12-20/h3-14H,2,15-18H2,1H3. The van der Waals surface area contributed by atoms with Gasteiger partial charge in [0.05, 0.1) is 19.8 Å². The number of carbonyl (C=O) groups excluding carboxylic acids is 1. The number of ether oxygens (including phenoxy) is 2. The first-order chi connectivity index (χ1) is 14.2. The Bertz CT molecular complexity index is 924. The van der Waals surface area contributed by atoms with E-state index in [0.29, 0.717) is 32.8 Å². The van der Waals surface area contributed by atoms with Crippen LogP contribution in [-0.4, -0.2) is 12.4 Å². The van der Waals surface area contributed by atoms with E-state index in [4.69, 9.17) is 9.47 Å². The van der Waals surface area contributed by atoms with E-state index >= 15 is 0 Å². The molecule has 0 bridgehead atoms. The monoisotopic (exact) mass is 452 g/mol. The van der Waals surface area contributed by atoms with Crippen LogP contribution in [0.5, 0.6) is 0 Å². The van der Waals surface area contributed by atoms with Crippen molar-refractivity contribution in [1.29, 1.82) is 0 Å². The van der Waals surface area contributed by atoms with Gasteiger partial charge in [0.1, 0.15) is 0 Å². The van der Waals surface area contributed by atoms with E-state index in [0.717, 1.165) is 32.3 Å². The molecule has 4 heteroatoms. The van der Waals surface area contributed by atoms with Crippen LogP contribution < -0.4 is 0 Å². The molecule has 150 valence electrons. The minimum absolute atomic E-state index is 0.0968. The van der Waals surface area contributed by atoms with Crippen molar-refractivity contribution in [2.24, 2.45) is 0 Å². The fourth-order valence-electron chi connectivity index (χ4n) is 3.16. The second-order valence-electron chi connectivity index (χ2n) is 6.75. The fourth-order valence-corrected chi connectivity index (χ4v) is 3.65. The van der Waals surface area contributed by atoms with Crippen LogP contribution in [0.2, 0.25) is 0 Å². The highest BCUT2D eigenvalue weighted by Crippen LogP contribution is 2.27. The predicted octanol–water partition coefficient (Wildman–Crippen LogP) is 6.13. The van der Waals surface area contributed by atoms with Crippen LogP contribution in [0.15, 0.2) is 77.3 Å². The molecule has 0 fully saturated rings. The molecule has 0 N–H and O–H groups in total. The zero-order valence-electron chi connectivity index (χ0n) is 16.6. The summed E-state index contributed by atoms with van der Waals surface area (Å²) in [5, 5.41) is 0. The highest BCUT2D eigenvalue weighted by atomic mass is 79.9. The number of hydrogen-bond acceptors (Lipinski definition) is 3. The fraction of sp³-hybridized carbons (Fsp3) is 0.240. The minimum Gasteiger partial charge on any atom is -0.377 e. The van der Waals surface area contributed by atoms with Crippen molar-refractivity contribution < 1.29 is 14.3 Å². The largest absolute Gasteiger partial charge is 0.377 e. The summed E-state index contributed by atoms with van der Waals surface area (Å²) in [6, 6.07) is 23.5. The van der Waals surface area contributed by atoms with Gasteiger partial charge in [-0.1, -0.05) is 82.7 Å². The molecule has 0 saturated heterocycles. The summed E-state index contributed by atoms with van der Waals surface area (Å²) in [7, 11) is 0. The van der Waals surface area contributed by atoms with Crippen molar-refractivity contribution in [2.75, 3.05) is 6.61 Å². The Morgan fingerprint density at radius 2 is 1.45 bits per heavy atom. The second kappa shape index (κ2) is 11.1. The first-order valence-electron chi connectivity index (χ1n) is 9.75. The summed E-state index contributed by atoms with van der Waals surface area (Å²) in [5.41, 5.74) is 4.88. The second-order valence-corrected chi connectivity index (χ2v) is 7.60. The molecule has 3 nitrogen and oxygen atoms in total. The lowest BCUT2D eigenvalue weighted by Gasteiger charge is -2.17. The average Bonchev–Trinajstić information content (AvgIpc) is 2.76. The van der Waals surface area contributed by atoms with Gasteiger partial charge < -0.3 is 9.47 Å². The number of ketones is 1. The Labute approximate surface area is 180 Å². The minimum atomic E-state index is 0.0968. The molecule has 0 amide bonds. The van der Waals surface area contributed by atoms with Crippen LogP contribution in [-0.2, 0) is 35.7 Å². The SMILES string of the molecule is CCOCc1c(Br)ccc(CC(=O)c2ccccc2)c1COCc1ccccc1. The van der Waals surface area contributed by atoms with Gasteiger partial charge in [0, 0.05) is 23.1 Å². The molecular formula is C25H25BrO3. The van der Waals surface area contributed by atoms with Crippen LogP contribution in [0.1, 0.15) is 39.5 Å². The smallest absolute Gasteiger partial charge is 0.167 e. The summed E-state index contributed by atoms with van der Waals surface area (Å²) >= 11 is 3.64. The molecule has 0 heterocycles. The van der Waals surface area contributed by atoms with Gasteiger partial charge >= 0.3 is 0 Å². The van der Waals surface area contributed by atoms with Crippen molar-refractivity contribution in [2.45, 2.75) is 33.2 Å². The maximum atomic E-state index is 12.8. The van der Waals surface area contributed by atoms with E-state index in [1.165, 1.54) is 0 Å². The van der Waals surface area contributed by atoms with E-state index in [1.54, 1.807) is 0 Å². The topological polar surface area (TPSA) is 35.5 Å². The molecule has 0 aliphatic carbocycles. The molecular weight excluding hydrogens is 428 g/mol. The van der Waals surface area contributed by atoms with Crippen molar-refractivity contribution in [3.05, 3.63) is 105 Å². The van der Waals surface area contributed by atoms with Crippen molar-refractivity contribution in [3.63, 3.8) is 0 Å². The molecule has 0 saturated carbocycles. The summed E-state index contributed by atoms with van der Waals surface area (Å²) < 4.78 is 12.7. The zero-order valence-corrected chi connectivity index (χ0v) is 18.2. The van der Waals surface area contributed by atoms with Crippen LogP contribution in [0, 0.1) is 0 Å². The normalized spacial score (nSPS) is 10.8. The van der Waals surface area contributed by atoms with Gasteiger partial charge in [0.15, 0.2) is 5.78 Å². The average molecular weight is 453 g/mol. The molecule has 0 unspecified atom stereocenters. The van der Waals surface area contributed by atoms with E-state index in [-0.39, 0.29) is 5.78 Å². The molecule has 29 heavy (non-hydrogen) atoms. The number of hydrogen-bond donors (Lipinski definition) is 0. The van der Waals surface area contributed by atoms with Gasteiger partial charge in [-0.3, -0.25) is 4.79 Å². The zero-order chi connectivity index (χ0) is 20.5. The molecule has 3 aromatic rings. The van der Waals surface area contributed by atoms with E-state index in [2.05, 4.69) is 15.9 Å². The molecule has 0 aromatic heterocycles. The first kappa shape index (κ1) is 21.4. The Morgan fingerprint density at radius 1 is 0.793 bits per heavy atom. The number of carbonyl (C=O) groups is 1. The number of Topliss-reactive ketones (excluding diaryl/α,β-unsaturated/α-hetero) is 1. The lowest BCUT2D eigenvalue weighted by Crippen LogP contribution is -2.10. The van der Waals surface area contributed by atoms with E-state index in [1.807, 2.05) is 79.7 Å². The molecule has 3 aromatic carbocycles. The van der Waals surface area contributed by atoms with Crippen LogP contribution in [0.3, 0.4) is 0 Å². The lowest BCUT2D eigenvalue weighted by atomic mass is 9.95. The summed E-state index contributed by atoms with van der Waals surface area (Å²) in [6.45, 7) is 4.03. The molecule has 0 aliphatic rings. The Morgan fingerprint density at radius 3 is 2.14 bits per heavy atom. The summed E-state index contributed by atoms with van der Waals surface area (Å²) in [4.78, 5) is 12.8. The summed E-state index contributed by atoms with van der Waals surface area (Å²) in [6.07, 6.45) is 0.334. The lowest BCUT2D eigenvalue weighted by molar-refractivity contribution is 0.0969. The van der Waals surface area contributed by atoms with Crippen molar-refractivity contribution >= 4 is 21.7 Å². The number of halogens is 1. The molecule has 0 radical (unpaired) electrons. The third kappa shape index (κ3) is 6.10. The Kier molecular flexibility index (Phi) is 8.17. The maximum Gasteiger partial charge on any atom is 0.167 e. The van der Waals surface area contributed by atoms with Gasteiger partial charge in [-0.25, -0.2) is 0 Å². The quantitative estimate of drug-likeness (QED) is 0.347. The van der Waals surface area contributed by atoms with Gasteiger partial charge in [-0.2, -0.15) is 0 Å². The number of benzene rings is 3. The van der Waals surface area contributed by atoms with Crippen molar-refractivity contribution in [1.82, 2.24) is 0 Å². The van der Waals surface area contributed by atoms with E-state index in [9.17, 15) is 4.79 Å². The van der Waals surface area contributed by atoms with Gasteiger partial charge in [-0.15, -0.1) is 0 Å². The van der Waals surface area contributed by atoms with Gasteiger partial charge in [0.2, 0.25) is 0 Å². The summed E-state index contributed by atoms with van der Waals surface area (Å²) in [5.74, 6) is 0.0968. The third-order valence-corrected chi connectivity index (χ3v) is 5.47. The third-order valence-electron chi connectivity index (χ3n) is 4.73. The highest BCUT2D eigenvalue weighted by Gasteiger charge is 2.16. The molecule has 0 aliphatic heterocycles. The van der Waals surface area contributed by atoms with Crippen LogP contribution in [0.4, 0.5) is 0 Å².